The number of aromatic nitrogens is 1. The molecule has 32 heavy (non-hydrogen) atoms. The van der Waals surface area contributed by atoms with Gasteiger partial charge in [-0.25, -0.2) is 0 Å². The summed E-state index contributed by atoms with van der Waals surface area (Å²) in [6, 6.07) is 22.9. The summed E-state index contributed by atoms with van der Waals surface area (Å²) in [5.41, 5.74) is 2.98. The summed E-state index contributed by atoms with van der Waals surface area (Å²) in [4.78, 5) is 0. The molecule has 7 nitrogen and oxygen atoms in total. The first-order valence-corrected chi connectivity index (χ1v) is 10.3. The maximum atomic E-state index is 10.9. The second kappa shape index (κ2) is 9.49. The van der Waals surface area contributed by atoms with Gasteiger partial charge in [0.2, 0.25) is 11.0 Å². The number of nitrogens with zero attached hydrogens (tertiary/aromatic N) is 3. The van der Waals surface area contributed by atoms with Crippen molar-refractivity contribution in [3.05, 3.63) is 78.4 Å². The molecule has 0 amide bonds. The number of anilines is 1. The lowest BCUT2D eigenvalue weighted by Gasteiger charge is -2.10. The molecule has 0 radical (unpaired) electrons. The summed E-state index contributed by atoms with van der Waals surface area (Å²) in [6.07, 6.45) is 0. The van der Waals surface area contributed by atoms with Gasteiger partial charge in [0.15, 0.2) is 17.2 Å². The van der Waals surface area contributed by atoms with Crippen molar-refractivity contribution in [1.82, 2.24) is 4.57 Å². The highest BCUT2D eigenvalue weighted by atomic mass is 32.1. The van der Waals surface area contributed by atoms with Crippen LogP contribution in [-0.2, 0) is 6.54 Å². The number of hydrogen-bond acceptors (Lipinski definition) is 5. The highest BCUT2D eigenvalue weighted by molar-refractivity contribution is 7.80. The molecular formula is C24H22N4O3S. The first-order chi connectivity index (χ1) is 15.6. The fourth-order valence-corrected chi connectivity index (χ4v) is 3.61. The van der Waals surface area contributed by atoms with Crippen LogP contribution in [0.1, 0.15) is 5.56 Å². The summed E-state index contributed by atoms with van der Waals surface area (Å²) in [6.45, 7) is 0.511. The second-order valence-corrected chi connectivity index (χ2v) is 7.35. The van der Waals surface area contributed by atoms with Crippen molar-refractivity contribution in [1.29, 1.82) is 0 Å². The van der Waals surface area contributed by atoms with Gasteiger partial charge in [-0.3, -0.25) is 0 Å². The van der Waals surface area contributed by atoms with Crippen LogP contribution in [-0.4, -0.2) is 29.0 Å². The Balaban J connectivity index is 1.60. The van der Waals surface area contributed by atoms with E-state index >= 15 is 0 Å². The van der Waals surface area contributed by atoms with Gasteiger partial charge >= 0.3 is 0 Å². The van der Waals surface area contributed by atoms with Crippen molar-refractivity contribution in [2.75, 3.05) is 19.5 Å². The Hall–Kier alpha value is -3.91. The van der Waals surface area contributed by atoms with Gasteiger partial charge in [-0.1, -0.05) is 48.5 Å². The molecule has 1 aromatic heterocycles. The average molecular weight is 447 g/mol. The number of rotatable bonds is 6. The zero-order valence-electron chi connectivity index (χ0n) is 17.6. The third-order valence-corrected chi connectivity index (χ3v) is 5.16. The van der Waals surface area contributed by atoms with Crippen LogP contribution in [0.3, 0.4) is 0 Å². The molecule has 4 aromatic rings. The smallest absolute Gasteiger partial charge is 0.221 e. The highest BCUT2D eigenvalue weighted by Crippen LogP contribution is 2.39. The van der Waals surface area contributed by atoms with Gasteiger partial charge in [0.25, 0.3) is 0 Å². The van der Waals surface area contributed by atoms with Crippen molar-refractivity contribution in [3.63, 3.8) is 0 Å². The van der Waals surface area contributed by atoms with Gasteiger partial charge in [0.1, 0.15) is 0 Å². The summed E-state index contributed by atoms with van der Waals surface area (Å²) >= 11 is 5.32. The molecule has 0 aliphatic carbocycles. The van der Waals surface area contributed by atoms with Crippen LogP contribution < -0.4 is 14.8 Å². The maximum absolute atomic E-state index is 10.9. The van der Waals surface area contributed by atoms with Gasteiger partial charge in [0, 0.05) is 17.1 Å². The van der Waals surface area contributed by atoms with E-state index in [1.165, 1.54) is 0 Å². The Bertz CT molecular complexity index is 1290. The predicted octanol–water partition coefficient (Wildman–Crippen LogP) is 5.89. The first-order valence-electron chi connectivity index (χ1n) is 9.89. The molecule has 0 saturated carbocycles. The van der Waals surface area contributed by atoms with Crippen LogP contribution in [0.5, 0.6) is 17.4 Å². The Kier molecular flexibility index (Phi) is 6.32. The van der Waals surface area contributed by atoms with Gasteiger partial charge in [0.05, 0.1) is 26.3 Å². The largest absolute Gasteiger partial charge is 0.493 e. The fraction of sp³-hybridized carbons (Fsp3) is 0.125. The van der Waals surface area contributed by atoms with Gasteiger partial charge in [-0.2, -0.15) is 0 Å². The Morgan fingerprint density at radius 2 is 1.69 bits per heavy atom. The molecule has 2 N–H and O–H groups in total. The van der Waals surface area contributed by atoms with Crippen LogP contribution in [0.15, 0.2) is 83.0 Å². The zero-order chi connectivity index (χ0) is 22.5. The Morgan fingerprint density at radius 1 is 0.969 bits per heavy atom. The number of methoxy groups -OCH3 is 2. The van der Waals surface area contributed by atoms with Crippen molar-refractivity contribution < 1.29 is 14.6 Å². The van der Waals surface area contributed by atoms with Gasteiger partial charge in [-0.05, 0) is 36.0 Å². The lowest BCUT2D eigenvalue weighted by molar-refractivity contribution is 0.355. The van der Waals surface area contributed by atoms with Crippen LogP contribution >= 0.6 is 12.2 Å². The maximum Gasteiger partial charge on any atom is 0.221 e. The molecule has 0 aliphatic heterocycles. The zero-order valence-corrected chi connectivity index (χ0v) is 18.5. The van der Waals surface area contributed by atoms with E-state index in [1.54, 1.807) is 32.4 Å². The summed E-state index contributed by atoms with van der Waals surface area (Å²) < 4.78 is 12.4. The average Bonchev–Trinajstić information content (AvgIpc) is 3.09. The predicted molar refractivity (Wildman–Crippen MR) is 129 cm³/mol. The standard InChI is InChI=1S/C24H22N4O3S/c1-30-20-13-12-17(14-21(20)31-2)25-24(32)27-26-22-18-10-6-7-11-19(18)28(23(22)29)15-16-8-4-3-5-9-16/h3-14,29H,15H2,1-2H3,(H,25,32). The number of aromatic hydroxyl groups is 1. The van der Waals surface area contributed by atoms with E-state index in [0.717, 1.165) is 16.5 Å². The van der Waals surface area contributed by atoms with E-state index in [1.807, 2.05) is 59.2 Å². The van der Waals surface area contributed by atoms with E-state index in [0.29, 0.717) is 29.4 Å². The topological polar surface area (TPSA) is 80.4 Å². The van der Waals surface area contributed by atoms with E-state index in [2.05, 4.69) is 15.5 Å². The number of benzene rings is 3. The highest BCUT2D eigenvalue weighted by Gasteiger charge is 2.16. The number of nitrogens with one attached hydrogen (secondary N) is 1. The minimum absolute atomic E-state index is 0.0349. The molecule has 0 atom stereocenters. The minimum atomic E-state index is 0.0349. The molecule has 0 saturated heterocycles. The molecule has 1 heterocycles. The third-order valence-electron chi connectivity index (χ3n) is 4.98. The summed E-state index contributed by atoms with van der Waals surface area (Å²) in [5.74, 6) is 1.22. The summed E-state index contributed by atoms with van der Waals surface area (Å²) in [5, 5.41) is 23.2. The van der Waals surface area contributed by atoms with Crippen molar-refractivity contribution in [2.45, 2.75) is 6.54 Å². The third kappa shape index (κ3) is 4.40. The van der Waals surface area contributed by atoms with Crippen molar-refractivity contribution in [3.8, 4) is 17.4 Å². The molecule has 0 spiro atoms. The lowest BCUT2D eigenvalue weighted by atomic mass is 10.2. The molecule has 0 aliphatic rings. The van der Waals surface area contributed by atoms with E-state index < -0.39 is 0 Å². The Labute approximate surface area is 190 Å². The number of fused-ring (bicyclic) bond motifs is 1. The molecule has 162 valence electrons. The normalized spacial score (nSPS) is 11.1. The molecule has 4 rings (SSSR count). The quantitative estimate of drug-likeness (QED) is 0.285. The fourth-order valence-electron chi connectivity index (χ4n) is 3.45. The minimum Gasteiger partial charge on any atom is -0.493 e. The molecule has 8 heteroatoms. The Morgan fingerprint density at radius 3 is 2.44 bits per heavy atom. The number of hydrogen-bond donors (Lipinski definition) is 2. The van der Waals surface area contributed by atoms with E-state index in [9.17, 15) is 5.11 Å². The number of azo groups is 1. The van der Waals surface area contributed by atoms with Crippen LogP contribution in [0.25, 0.3) is 10.9 Å². The SMILES string of the molecule is COc1ccc(NC(=S)N=Nc2c(O)n(Cc3ccccc3)c3ccccc23)cc1OC. The summed E-state index contributed by atoms with van der Waals surface area (Å²) in [7, 11) is 3.14. The van der Waals surface area contributed by atoms with Gasteiger partial charge < -0.3 is 24.5 Å². The second-order valence-electron chi connectivity index (χ2n) is 6.96. The molecule has 3 aromatic carbocycles. The lowest BCUT2D eigenvalue weighted by Crippen LogP contribution is -2.05. The van der Waals surface area contributed by atoms with E-state index in [4.69, 9.17) is 21.7 Å². The van der Waals surface area contributed by atoms with Crippen molar-refractivity contribution >= 4 is 39.6 Å². The number of ether oxygens (including phenoxy) is 2. The molecule has 0 bridgehead atoms. The molecule has 0 unspecified atom stereocenters. The van der Waals surface area contributed by atoms with Crippen LogP contribution in [0.4, 0.5) is 11.4 Å². The number of para-hydroxylation sites is 1. The van der Waals surface area contributed by atoms with Gasteiger partial charge in [-0.15, -0.1) is 10.2 Å². The number of thiocarbonyl (C=S) groups is 1. The van der Waals surface area contributed by atoms with Crippen LogP contribution in [0.2, 0.25) is 0 Å². The van der Waals surface area contributed by atoms with E-state index in [-0.39, 0.29) is 11.0 Å². The monoisotopic (exact) mass is 446 g/mol. The first kappa shape index (κ1) is 21.3. The van der Waals surface area contributed by atoms with Crippen LogP contribution in [0, 0.1) is 0 Å². The molecular weight excluding hydrogens is 424 g/mol. The molecule has 0 fully saturated rings. The van der Waals surface area contributed by atoms with Crippen molar-refractivity contribution in [2.24, 2.45) is 10.2 Å².